The highest BCUT2D eigenvalue weighted by Crippen LogP contribution is 2.50. The minimum atomic E-state index is -1.61. The average molecular weight is 793 g/mol. The van der Waals surface area contributed by atoms with Crippen molar-refractivity contribution in [1.82, 2.24) is 9.24 Å². The van der Waals surface area contributed by atoms with Crippen LogP contribution in [-0.2, 0) is 24.1 Å². The molecular formula is C40H47BrN3O7P. The number of halogens is 1. The zero-order valence-electron chi connectivity index (χ0n) is 30.5. The van der Waals surface area contributed by atoms with Gasteiger partial charge in [-0.3, -0.25) is 9.36 Å². The van der Waals surface area contributed by atoms with Crippen LogP contribution < -0.4 is 15.0 Å². The fourth-order valence-corrected chi connectivity index (χ4v) is 8.60. The lowest BCUT2D eigenvalue weighted by atomic mass is 9.80. The van der Waals surface area contributed by atoms with Crippen molar-refractivity contribution in [3.05, 3.63) is 129 Å². The Morgan fingerprint density at radius 1 is 0.923 bits per heavy atom. The Labute approximate surface area is 316 Å². The monoisotopic (exact) mass is 791 g/mol. The van der Waals surface area contributed by atoms with Crippen LogP contribution in [0.25, 0.3) is 0 Å². The van der Waals surface area contributed by atoms with E-state index in [2.05, 4.69) is 54.4 Å². The normalized spacial score (nSPS) is 18.1. The molecular weight excluding hydrogens is 745 g/mol. The third-order valence-electron chi connectivity index (χ3n) is 8.93. The fraction of sp³-hybridized carbons (Fsp3) is 0.400. The summed E-state index contributed by atoms with van der Waals surface area (Å²) in [5.74, 6) is 1.45. The van der Waals surface area contributed by atoms with Gasteiger partial charge in [0, 0.05) is 35.2 Å². The van der Waals surface area contributed by atoms with Gasteiger partial charge in [-0.2, -0.15) is 5.26 Å². The summed E-state index contributed by atoms with van der Waals surface area (Å²) in [6.07, 6.45) is 0.597. The molecule has 4 aromatic rings. The van der Waals surface area contributed by atoms with Gasteiger partial charge in [0.15, 0.2) is 0 Å². The van der Waals surface area contributed by atoms with Crippen LogP contribution in [0.1, 0.15) is 63.5 Å². The predicted molar refractivity (Wildman–Crippen MR) is 205 cm³/mol. The van der Waals surface area contributed by atoms with Crippen molar-refractivity contribution >= 4 is 24.5 Å². The molecule has 1 saturated heterocycles. The average Bonchev–Trinajstić information content (AvgIpc) is 3.54. The topological polar surface area (TPSA) is 104 Å². The number of methoxy groups -OCH3 is 2. The lowest BCUT2D eigenvalue weighted by Gasteiger charge is -2.39. The molecule has 0 amide bonds. The zero-order valence-corrected chi connectivity index (χ0v) is 33.0. The van der Waals surface area contributed by atoms with Gasteiger partial charge in [-0.05, 0) is 74.7 Å². The molecule has 0 spiro atoms. The van der Waals surface area contributed by atoms with Gasteiger partial charge in [0.2, 0.25) is 0 Å². The maximum Gasteiger partial charge on any atom is 0.259 e. The van der Waals surface area contributed by atoms with Crippen LogP contribution in [0, 0.1) is 11.3 Å². The molecule has 0 aliphatic carbocycles. The highest BCUT2D eigenvalue weighted by atomic mass is 79.9. The van der Waals surface area contributed by atoms with Gasteiger partial charge < -0.3 is 28.0 Å². The number of hydrogen-bond donors (Lipinski definition) is 0. The van der Waals surface area contributed by atoms with Crippen LogP contribution in [-0.4, -0.2) is 61.0 Å². The van der Waals surface area contributed by atoms with Crippen molar-refractivity contribution in [2.75, 3.05) is 27.4 Å². The molecule has 0 radical (unpaired) electrons. The highest BCUT2D eigenvalue weighted by Gasteiger charge is 2.45. The lowest BCUT2D eigenvalue weighted by Crippen LogP contribution is -2.39. The number of pyridine rings is 1. The molecule has 0 bridgehead atoms. The van der Waals surface area contributed by atoms with Crippen molar-refractivity contribution in [3.63, 3.8) is 0 Å². The van der Waals surface area contributed by atoms with Crippen molar-refractivity contribution in [2.45, 2.75) is 76.7 Å². The van der Waals surface area contributed by atoms with Crippen molar-refractivity contribution in [2.24, 2.45) is 0 Å². The summed E-state index contributed by atoms with van der Waals surface area (Å²) < 4.78 is 42.7. The number of nitrogens with zero attached hydrogens (tertiary/aromatic N) is 3. The Hall–Kier alpha value is -3.59. The molecule has 52 heavy (non-hydrogen) atoms. The number of rotatable bonds is 17. The molecule has 1 fully saturated rings. The minimum absolute atomic E-state index is 0.101. The van der Waals surface area contributed by atoms with E-state index < -0.39 is 32.6 Å². The van der Waals surface area contributed by atoms with E-state index in [-0.39, 0.29) is 37.3 Å². The van der Waals surface area contributed by atoms with E-state index in [0.717, 1.165) is 28.2 Å². The molecule has 0 N–H and O–H groups in total. The van der Waals surface area contributed by atoms with Crippen molar-refractivity contribution in [3.8, 4) is 17.6 Å². The summed E-state index contributed by atoms with van der Waals surface area (Å²) in [7, 11) is 1.67. The molecule has 5 rings (SSSR count). The first kappa shape index (κ1) is 39.6. The molecule has 3 aromatic carbocycles. The van der Waals surface area contributed by atoms with Gasteiger partial charge in [0.05, 0.1) is 46.0 Å². The first-order valence-electron chi connectivity index (χ1n) is 17.4. The Balaban J connectivity index is 1.59. The highest BCUT2D eigenvalue weighted by molar-refractivity contribution is 9.10. The van der Waals surface area contributed by atoms with Gasteiger partial charge >= 0.3 is 0 Å². The first-order chi connectivity index (χ1) is 25.1. The third-order valence-corrected chi connectivity index (χ3v) is 11.6. The van der Waals surface area contributed by atoms with Gasteiger partial charge in [-0.25, -0.2) is 4.67 Å². The molecule has 10 nitrogen and oxygen atoms in total. The van der Waals surface area contributed by atoms with E-state index in [1.165, 1.54) is 6.07 Å². The minimum Gasteiger partial charge on any atom is -0.497 e. The summed E-state index contributed by atoms with van der Waals surface area (Å²) in [4.78, 5) is 13.2. The number of nitriles is 1. The second-order valence-electron chi connectivity index (χ2n) is 13.0. The van der Waals surface area contributed by atoms with Gasteiger partial charge in [-0.15, -0.1) is 0 Å². The van der Waals surface area contributed by atoms with E-state index in [1.54, 1.807) is 25.0 Å². The standard InChI is InChI=1S/C40H47BrN3O7P/c1-28(2)44(29(3)4)52(49-24-10-22-42)51-36-26-39(43-23-21-33(41)25-38(43)45)50-37(36)27-48-40(30-11-8-7-9-12-30,31-13-17-34(46-5)18-14-31)32-15-19-35(47-6)20-16-32/h7-9,11-21,23,25,28-29,36-37,39H,10,24,26-27H2,1-6H3/t36-,37+,39+,52?/m0/s1. The number of benzene rings is 3. The van der Waals surface area contributed by atoms with E-state index in [9.17, 15) is 10.1 Å². The van der Waals surface area contributed by atoms with Crippen LogP contribution in [0.15, 0.2) is 106 Å². The second-order valence-corrected chi connectivity index (χ2v) is 15.3. The fourth-order valence-electron chi connectivity index (χ4n) is 6.53. The predicted octanol–water partition coefficient (Wildman–Crippen LogP) is 8.59. The summed E-state index contributed by atoms with van der Waals surface area (Å²) in [6.45, 7) is 8.72. The molecule has 1 unspecified atom stereocenters. The third kappa shape index (κ3) is 9.12. The number of ether oxygens (including phenoxy) is 4. The quantitative estimate of drug-likeness (QED) is 0.0591. The Bertz CT molecular complexity index is 1760. The number of aromatic nitrogens is 1. The molecule has 0 saturated carbocycles. The smallest absolute Gasteiger partial charge is 0.259 e. The molecule has 2 heterocycles. The van der Waals surface area contributed by atoms with Crippen LogP contribution in [0.3, 0.4) is 0 Å². The van der Waals surface area contributed by atoms with Crippen LogP contribution in [0.5, 0.6) is 11.5 Å². The van der Waals surface area contributed by atoms with E-state index >= 15 is 0 Å². The summed E-state index contributed by atoms with van der Waals surface area (Å²) in [5, 5.41) is 9.29. The zero-order chi connectivity index (χ0) is 37.3. The molecule has 12 heteroatoms. The Morgan fingerprint density at radius 2 is 1.50 bits per heavy atom. The van der Waals surface area contributed by atoms with Crippen molar-refractivity contribution in [1.29, 1.82) is 5.26 Å². The second kappa shape index (κ2) is 18.4. The van der Waals surface area contributed by atoms with E-state index in [0.29, 0.717) is 10.9 Å². The molecule has 4 atom stereocenters. The maximum atomic E-state index is 13.2. The van der Waals surface area contributed by atoms with Gasteiger partial charge in [0.25, 0.3) is 14.1 Å². The van der Waals surface area contributed by atoms with E-state index in [1.807, 2.05) is 84.9 Å². The first-order valence-corrected chi connectivity index (χ1v) is 19.3. The largest absolute Gasteiger partial charge is 0.497 e. The molecule has 276 valence electrons. The van der Waals surface area contributed by atoms with Gasteiger partial charge in [-0.1, -0.05) is 70.5 Å². The molecule has 1 aliphatic heterocycles. The number of hydrogen-bond acceptors (Lipinski definition) is 9. The summed E-state index contributed by atoms with van der Waals surface area (Å²) in [6, 6.07) is 31.5. The summed E-state index contributed by atoms with van der Waals surface area (Å²) in [5.41, 5.74) is 1.39. The Morgan fingerprint density at radius 3 is 2.02 bits per heavy atom. The van der Waals surface area contributed by atoms with Crippen LogP contribution in [0.4, 0.5) is 0 Å². The molecule has 1 aromatic heterocycles. The Kier molecular flexibility index (Phi) is 14.0. The SMILES string of the molecule is COc1ccc(C(OC[C@H]2O[C@@H](n3ccc(Br)cc3=O)C[C@@H]2OP(OCCC#N)N(C(C)C)C(C)C)(c2ccccc2)c2ccc(OC)cc2)cc1. The van der Waals surface area contributed by atoms with Gasteiger partial charge in [0.1, 0.15) is 29.4 Å². The molecule has 1 aliphatic rings. The lowest BCUT2D eigenvalue weighted by molar-refractivity contribution is -0.0923. The summed E-state index contributed by atoms with van der Waals surface area (Å²) >= 11 is 3.41. The van der Waals surface area contributed by atoms with Crippen LogP contribution >= 0.6 is 24.5 Å². The maximum absolute atomic E-state index is 13.2. The van der Waals surface area contributed by atoms with Crippen LogP contribution in [0.2, 0.25) is 0 Å². The van der Waals surface area contributed by atoms with Crippen molar-refractivity contribution < 1.29 is 28.0 Å². The van der Waals surface area contributed by atoms with E-state index in [4.69, 9.17) is 28.0 Å².